The molecule has 1 aromatic rings. The summed E-state index contributed by atoms with van der Waals surface area (Å²) >= 11 is 6.45. The van der Waals surface area contributed by atoms with Crippen LogP contribution in [-0.4, -0.2) is 16.3 Å². The average molecular weight is 272 g/mol. The van der Waals surface area contributed by atoms with Gasteiger partial charge in [-0.2, -0.15) is 5.10 Å². The summed E-state index contributed by atoms with van der Waals surface area (Å²) in [6.07, 6.45) is 4.06. The first-order chi connectivity index (χ1) is 8.51. The Morgan fingerprint density at radius 1 is 1.33 bits per heavy atom. The number of nitrogens with zero attached hydrogens (tertiary/aromatic N) is 2. The van der Waals surface area contributed by atoms with Gasteiger partial charge in [0.2, 0.25) is 0 Å². The molecule has 0 radical (unpaired) electrons. The normalized spacial score (nSPS) is 14.8. The van der Waals surface area contributed by atoms with Crippen molar-refractivity contribution in [3.8, 4) is 0 Å². The minimum absolute atomic E-state index is 0.121. The van der Waals surface area contributed by atoms with E-state index in [0.717, 1.165) is 48.6 Å². The highest BCUT2D eigenvalue weighted by atomic mass is 35.5. The van der Waals surface area contributed by atoms with Gasteiger partial charge in [0.1, 0.15) is 0 Å². The van der Waals surface area contributed by atoms with E-state index >= 15 is 0 Å². The molecule has 1 atom stereocenters. The van der Waals surface area contributed by atoms with Crippen molar-refractivity contribution < 1.29 is 0 Å². The molecule has 0 aliphatic carbocycles. The van der Waals surface area contributed by atoms with Crippen LogP contribution in [0.25, 0.3) is 0 Å². The zero-order chi connectivity index (χ0) is 13.8. The smallest absolute Gasteiger partial charge is 0.0850 e. The fraction of sp³-hybridized carbons (Fsp3) is 0.786. The highest BCUT2D eigenvalue weighted by Crippen LogP contribution is 2.31. The molecule has 0 saturated heterocycles. The number of nitrogens with two attached hydrogens (primary N) is 1. The zero-order valence-corrected chi connectivity index (χ0v) is 12.8. The number of aromatic nitrogens is 2. The molecule has 1 aromatic heterocycles. The van der Waals surface area contributed by atoms with Gasteiger partial charge >= 0.3 is 0 Å². The summed E-state index contributed by atoms with van der Waals surface area (Å²) in [7, 11) is 0. The van der Waals surface area contributed by atoms with Gasteiger partial charge in [-0.05, 0) is 38.1 Å². The maximum atomic E-state index is 6.45. The van der Waals surface area contributed by atoms with Crippen LogP contribution >= 0.6 is 11.6 Å². The van der Waals surface area contributed by atoms with Crippen molar-refractivity contribution in [3.63, 3.8) is 0 Å². The third kappa shape index (κ3) is 3.27. The molecule has 0 amide bonds. The highest BCUT2D eigenvalue weighted by molar-refractivity contribution is 6.31. The number of halogens is 1. The molecule has 1 rings (SSSR count). The Morgan fingerprint density at radius 3 is 2.44 bits per heavy atom. The molecule has 0 fully saturated rings. The van der Waals surface area contributed by atoms with Crippen LogP contribution in [0, 0.1) is 5.41 Å². The maximum absolute atomic E-state index is 6.45. The van der Waals surface area contributed by atoms with E-state index in [0.29, 0.717) is 6.54 Å². The fourth-order valence-electron chi connectivity index (χ4n) is 2.46. The van der Waals surface area contributed by atoms with Gasteiger partial charge in [-0.1, -0.05) is 38.8 Å². The number of rotatable bonds is 7. The molecule has 0 saturated carbocycles. The van der Waals surface area contributed by atoms with Crippen LogP contribution in [0.5, 0.6) is 0 Å². The number of hydrogen-bond donors (Lipinski definition) is 1. The van der Waals surface area contributed by atoms with Gasteiger partial charge in [-0.3, -0.25) is 4.68 Å². The third-order valence-electron chi connectivity index (χ3n) is 3.63. The van der Waals surface area contributed by atoms with Crippen LogP contribution in [0.1, 0.15) is 51.9 Å². The summed E-state index contributed by atoms with van der Waals surface area (Å²) < 4.78 is 2.03. The summed E-state index contributed by atoms with van der Waals surface area (Å²) in [5, 5.41) is 5.41. The van der Waals surface area contributed by atoms with E-state index in [-0.39, 0.29) is 5.41 Å². The first-order valence-corrected chi connectivity index (χ1v) is 7.33. The Labute approximate surface area is 116 Å². The van der Waals surface area contributed by atoms with Crippen LogP contribution in [0.15, 0.2) is 0 Å². The van der Waals surface area contributed by atoms with Crippen LogP contribution < -0.4 is 5.73 Å². The van der Waals surface area contributed by atoms with E-state index in [9.17, 15) is 0 Å². The molecule has 0 spiro atoms. The molecule has 1 heterocycles. The molecule has 18 heavy (non-hydrogen) atoms. The lowest BCUT2D eigenvalue weighted by Crippen LogP contribution is -2.30. The quantitative estimate of drug-likeness (QED) is 0.826. The number of hydrogen-bond acceptors (Lipinski definition) is 2. The van der Waals surface area contributed by atoms with Gasteiger partial charge in [-0.25, -0.2) is 0 Å². The third-order valence-corrected chi connectivity index (χ3v) is 4.07. The molecule has 2 N–H and O–H groups in total. The Hall–Kier alpha value is -0.540. The van der Waals surface area contributed by atoms with Crippen molar-refractivity contribution in [1.29, 1.82) is 0 Å². The summed E-state index contributed by atoms with van der Waals surface area (Å²) in [5.41, 5.74) is 8.22. The zero-order valence-electron chi connectivity index (χ0n) is 12.1. The predicted octanol–water partition coefficient (Wildman–Crippen LogP) is 3.43. The fourth-order valence-corrected chi connectivity index (χ4v) is 2.79. The van der Waals surface area contributed by atoms with E-state index in [1.54, 1.807) is 0 Å². The van der Waals surface area contributed by atoms with Gasteiger partial charge in [0.15, 0.2) is 0 Å². The lowest BCUT2D eigenvalue weighted by atomic mass is 9.81. The van der Waals surface area contributed by atoms with Gasteiger partial charge in [0.05, 0.1) is 16.4 Å². The SMILES string of the molecule is CCCC(C)(CN)Cc1c(Cl)c(CC)nn1CC. The average Bonchev–Trinajstić information content (AvgIpc) is 2.66. The monoisotopic (exact) mass is 271 g/mol. The van der Waals surface area contributed by atoms with Crippen molar-refractivity contribution in [2.75, 3.05) is 6.54 Å². The van der Waals surface area contributed by atoms with Crippen molar-refractivity contribution in [3.05, 3.63) is 16.4 Å². The van der Waals surface area contributed by atoms with Crippen molar-refractivity contribution in [1.82, 2.24) is 9.78 Å². The predicted molar refractivity (Wildman–Crippen MR) is 78.1 cm³/mol. The molecular weight excluding hydrogens is 246 g/mol. The first-order valence-electron chi connectivity index (χ1n) is 6.95. The molecule has 0 aliphatic heterocycles. The Bertz CT molecular complexity index is 387. The standard InChI is InChI=1S/C14H26ClN3/c1-5-8-14(4,10-16)9-12-13(15)11(6-2)17-18(12)7-3/h5-10,16H2,1-4H3. The highest BCUT2D eigenvalue weighted by Gasteiger charge is 2.26. The number of aryl methyl sites for hydroxylation is 2. The van der Waals surface area contributed by atoms with Crippen molar-refractivity contribution in [2.45, 2.75) is 59.9 Å². The summed E-state index contributed by atoms with van der Waals surface area (Å²) in [5.74, 6) is 0. The van der Waals surface area contributed by atoms with Crippen LogP contribution in [0.3, 0.4) is 0 Å². The van der Waals surface area contributed by atoms with Gasteiger partial charge in [0.25, 0.3) is 0 Å². The topological polar surface area (TPSA) is 43.8 Å². The van der Waals surface area contributed by atoms with E-state index in [1.165, 1.54) is 0 Å². The van der Waals surface area contributed by atoms with Gasteiger partial charge in [-0.15, -0.1) is 0 Å². The molecule has 0 bridgehead atoms. The van der Waals surface area contributed by atoms with E-state index in [4.69, 9.17) is 17.3 Å². The minimum Gasteiger partial charge on any atom is -0.330 e. The molecular formula is C14H26ClN3. The van der Waals surface area contributed by atoms with Crippen LogP contribution in [-0.2, 0) is 19.4 Å². The van der Waals surface area contributed by atoms with Gasteiger partial charge in [0, 0.05) is 6.54 Å². The largest absolute Gasteiger partial charge is 0.330 e. The Balaban J connectivity index is 3.05. The maximum Gasteiger partial charge on any atom is 0.0850 e. The molecule has 1 unspecified atom stereocenters. The minimum atomic E-state index is 0.121. The van der Waals surface area contributed by atoms with Crippen molar-refractivity contribution in [2.24, 2.45) is 11.1 Å². The lowest BCUT2D eigenvalue weighted by Gasteiger charge is -2.28. The second-order valence-electron chi connectivity index (χ2n) is 5.32. The van der Waals surface area contributed by atoms with Crippen molar-refractivity contribution >= 4 is 11.6 Å². The van der Waals surface area contributed by atoms with E-state index in [2.05, 4.69) is 32.8 Å². The van der Waals surface area contributed by atoms with Crippen LogP contribution in [0.2, 0.25) is 5.02 Å². The summed E-state index contributed by atoms with van der Waals surface area (Å²) in [4.78, 5) is 0. The molecule has 0 aliphatic rings. The summed E-state index contributed by atoms with van der Waals surface area (Å²) in [6.45, 7) is 10.2. The lowest BCUT2D eigenvalue weighted by molar-refractivity contribution is 0.294. The Kier molecular flexibility index (Phi) is 5.67. The second kappa shape index (κ2) is 6.58. The molecule has 3 nitrogen and oxygen atoms in total. The first kappa shape index (κ1) is 15.5. The van der Waals surface area contributed by atoms with E-state index in [1.807, 2.05) is 4.68 Å². The Morgan fingerprint density at radius 2 is 2.00 bits per heavy atom. The molecule has 0 aromatic carbocycles. The molecule has 104 valence electrons. The molecule has 4 heteroatoms. The second-order valence-corrected chi connectivity index (χ2v) is 5.70. The van der Waals surface area contributed by atoms with E-state index < -0.39 is 0 Å². The summed E-state index contributed by atoms with van der Waals surface area (Å²) in [6, 6.07) is 0. The van der Waals surface area contributed by atoms with Gasteiger partial charge < -0.3 is 5.73 Å². The van der Waals surface area contributed by atoms with Crippen LogP contribution in [0.4, 0.5) is 0 Å².